The molecule has 1 heterocycles. The summed E-state index contributed by atoms with van der Waals surface area (Å²) in [7, 11) is 0. The highest BCUT2D eigenvalue weighted by molar-refractivity contribution is 5.74. The molecule has 1 unspecified atom stereocenters. The van der Waals surface area contributed by atoms with E-state index in [4.69, 9.17) is 0 Å². The maximum atomic E-state index is 3.60. The maximum Gasteiger partial charge on any atom is 0.0610 e. The van der Waals surface area contributed by atoms with E-state index in [2.05, 4.69) is 49.2 Å². The lowest BCUT2D eigenvalue weighted by Gasteiger charge is -2.31. The highest BCUT2D eigenvalue weighted by atomic mass is 15.1. The molecule has 0 radical (unpaired) electrons. The Hall–Kier alpha value is -1.18. The first-order valence-electron chi connectivity index (χ1n) is 7.37. The Morgan fingerprint density at radius 1 is 1.33 bits per heavy atom. The summed E-state index contributed by atoms with van der Waals surface area (Å²) in [4.78, 5) is 2.52. The number of nitrogens with one attached hydrogen (secondary N) is 1. The maximum absolute atomic E-state index is 3.60. The number of benzene rings is 1. The molecule has 100 valence electrons. The zero-order valence-electron chi connectivity index (χ0n) is 12.0. The molecule has 1 aliphatic heterocycles. The standard InChI is InChI=1S/C16H26N2/c1-4-13(3)12-18(5-2)15-10-6-8-14-9-7-11-17-16(14)15/h6,8,10,13,17H,4-5,7,9,11-12H2,1-3H3. The van der Waals surface area contributed by atoms with Crippen molar-refractivity contribution >= 4 is 11.4 Å². The zero-order valence-corrected chi connectivity index (χ0v) is 12.0. The third-order valence-corrected chi connectivity index (χ3v) is 4.00. The van der Waals surface area contributed by atoms with Crippen LogP contribution in [0.4, 0.5) is 11.4 Å². The van der Waals surface area contributed by atoms with Crippen LogP contribution in [-0.2, 0) is 6.42 Å². The smallest absolute Gasteiger partial charge is 0.0610 e. The summed E-state index contributed by atoms with van der Waals surface area (Å²) in [6.07, 6.45) is 3.73. The van der Waals surface area contributed by atoms with Gasteiger partial charge in [0, 0.05) is 19.6 Å². The molecule has 0 amide bonds. The number of para-hydroxylation sites is 1. The number of rotatable bonds is 5. The Kier molecular flexibility index (Phi) is 4.51. The molecule has 1 aliphatic rings. The van der Waals surface area contributed by atoms with Crippen LogP contribution in [-0.4, -0.2) is 19.6 Å². The van der Waals surface area contributed by atoms with Gasteiger partial charge in [-0.05, 0) is 37.3 Å². The van der Waals surface area contributed by atoms with Gasteiger partial charge in [-0.3, -0.25) is 0 Å². The lowest BCUT2D eigenvalue weighted by atomic mass is 10.0. The van der Waals surface area contributed by atoms with E-state index >= 15 is 0 Å². The quantitative estimate of drug-likeness (QED) is 0.847. The zero-order chi connectivity index (χ0) is 13.0. The molecule has 0 bridgehead atoms. The van der Waals surface area contributed by atoms with Crippen molar-refractivity contribution in [2.75, 3.05) is 29.9 Å². The van der Waals surface area contributed by atoms with Crippen LogP contribution in [0.25, 0.3) is 0 Å². The third kappa shape index (κ3) is 2.80. The van der Waals surface area contributed by atoms with Crippen LogP contribution in [0.3, 0.4) is 0 Å². The molecular formula is C16H26N2. The van der Waals surface area contributed by atoms with Crippen LogP contribution in [0.2, 0.25) is 0 Å². The highest BCUT2D eigenvalue weighted by Gasteiger charge is 2.17. The van der Waals surface area contributed by atoms with E-state index in [1.54, 1.807) is 0 Å². The molecular weight excluding hydrogens is 220 g/mol. The van der Waals surface area contributed by atoms with E-state index in [0.29, 0.717) is 0 Å². The largest absolute Gasteiger partial charge is 0.383 e. The van der Waals surface area contributed by atoms with Crippen molar-refractivity contribution in [2.24, 2.45) is 5.92 Å². The molecule has 0 saturated carbocycles. The molecule has 0 spiro atoms. The molecule has 0 fully saturated rings. The van der Waals surface area contributed by atoms with Crippen LogP contribution in [0.1, 0.15) is 39.2 Å². The van der Waals surface area contributed by atoms with Crippen LogP contribution in [0.15, 0.2) is 18.2 Å². The van der Waals surface area contributed by atoms with Gasteiger partial charge in [0.2, 0.25) is 0 Å². The second kappa shape index (κ2) is 6.12. The van der Waals surface area contributed by atoms with E-state index in [1.165, 1.54) is 36.2 Å². The summed E-state index contributed by atoms with van der Waals surface area (Å²) >= 11 is 0. The second-order valence-corrected chi connectivity index (χ2v) is 5.39. The van der Waals surface area contributed by atoms with Crippen molar-refractivity contribution in [1.29, 1.82) is 0 Å². The minimum Gasteiger partial charge on any atom is -0.383 e. The lowest BCUT2D eigenvalue weighted by Crippen LogP contribution is -2.29. The highest BCUT2D eigenvalue weighted by Crippen LogP contribution is 2.33. The van der Waals surface area contributed by atoms with Gasteiger partial charge in [0.15, 0.2) is 0 Å². The molecule has 18 heavy (non-hydrogen) atoms. The second-order valence-electron chi connectivity index (χ2n) is 5.39. The SMILES string of the molecule is CCC(C)CN(CC)c1cccc2c1NCCC2. The summed E-state index contributed by atoms with van der Waals surface area (Å²) in [5.41, 5.74) is 4.27. The fraction of sp³-hybridized carbons (Fsp3) is 0.625. The van der Waals surface area contributed by atoms with Crippen molar-refractivity contribution in [3.05, 3.63) is 23.8 Å². The number of hydrogen-bond acceptors (Lipinski definition) is 2. The lowest BCUT2D eigenvalue weighted by molar-refractivity contribution is 0.548. The van der Waals surface area contributed by atoms with Crippen molar-refractivity contribution in [2.45, 2.75) is 40.0 Å². The van der Waals surface area contributed by atoms with Crippen LogP contribution < -0.4 is 10.2 Å². The molecule has 1 N–H and O–H groups in total. The minimum absolute atomic E-state index is 0.754. The topological polar surface area (TPSA) is 15.3 Å². The molecule has 2 rings (SSSR count). The number of aryl methyl sites for hydroxylation is 1. The van der Waals surface area contributed by atoms with Gasteiger partial charge in [-0.1, -0.05) is 32.4 Å². The first-order chi connectivity index (χ1) is 8.76. The third-order valence-electron chi connectivity index (χ3n) is 4.00. The van der Waals surface area contributed by atoms with Gasteiger partial charge in [0.05, 0.1) is 11.4 Å². The Bertz CT molecular complexity index is 387. The van der Waals surface area contributed by atoms with E-state index in [1.807, 2.05) is 0 Å². The predicted octanol–water partition coefficient (Wildman–Crippen LogP) is 3.92. The number of fused-ring (bicyclic) bond motifs is 1. The van der Waals surface area contributed by atoms with Gasteiger partial charge in [0.1, 0.15) is 0 Å². The normalized spacial score (nSPS) is 15.7. The Morgan fingerprint density at radius 3 is 2.89 bits per heavy atom. The van der Waals surface area contributed by atoms with Crippen LogP contribution >= 0.6 is 0 Å². The van der Waals surface area contributed by atoms with E-state index < -0.39 is 0 Å². The molecule has 0 aromatic heterocycles. The van der Waals surface area contributed by atoms with Crippen molar-refractivity contribution in [1.82, 2.24) is 0 Å². The van der Waals surface area contributed by atoms with E-state index in [9.17, 15) is 0 Å². The first-order valence-corrected chi connectivity index (χ1v) is 7.37. The number of nitrogens with zero attached hydrogens (tertiary/aromatic N) is 1. The first kappa shape index (κ1) is 13.3. The molecule has 0 aliphatic carbocycles. The number of anilines is 2. The summed E-state index contributed by atoms with van der Waals surface area (Å²) in [5.74, 6) is 0.754. The summed E-state index contributed by atoms with van der Waals surface area (Å²) < 4.78 is 0. The van der Waals surface area contributed by atoms with Crippen molar-refractivity contribution in [3.8, 4) is 0 Å². The van der Waals surface area contributed by atoms with Gasteiger partial charge in [0.25, 0.3) is 0 Å². The fourth-order valence-electron chi connectivity index (χ4n) is 2.66. The monoisotopic (exact) mass is 246 g/mol. The van der Waals surface area contributed by atoms with Crippen LogP contribution in [0.5, 0.6) is 0 Å². The van der Waals surface area contributed by atoms with E-state index in [0.717, 1.165) is 25.6 Å². The van der Waals surface area contributed by atoms with Gasteiger partial charge in [-0.25, -0.2) is 0 Å². The average molecular weight is 246 g/mol. The van der Waals surface area contributed by atoms with Gasteiger partial charge in [-0.2, -0.15) is 0 Å². The Balaban J connectivity index is 2.24. The number of hydrogen-bond donors (Lipinski definition) is 1. The van der Waals surface area contributed by atoms with E-state index in [-0.39, 0.29) is 0 Å². The van der Waals surface area contributed by atoms with Crippen LogP contribution in [0, 0.1) is 5.92 Å². The average Bonchev–Trinajstić information content (AvgIpc) is 2.44. The van der Waals surface area contributed by atoms with Gasteiger partial charge >= 0.3 is 0 Å². The van der Waals surface area contributed by atoms with Gasteiger partial charge < -0.3 is 10.2 Å². The molecule has 1 aromatic carbocycles. The molecule has 1 aromatic rings. The molecule has 1 atom stereocenters. The molecule has 2 nitrogen and oxygen atoms in total. The summed E-state index contributed by atoms with van der Waals surface area (Å²) in [6, 6.07) is 6.74. The minimum atomic E-state index is 0.754. The predicted molar refractivity (Wildman–Crippen MR) is 80.6 cm³/mol. The van der Waals surface area contributed by atoms with Crippen molar-refractivity contribution in [3.63, 3.8) is 0 Å². The van der Waals surface area contributed by atoms with Gasteiger partial charge in [-0.15, -0.1) is 0 Å². The Labute approximate surface area is 111 Å². The van der Waals surface area contributed by atoms with Crippen molar-refractivity contribution < 1.29 is 0 Å². The summed E-state index contributed by atoms with van der Waals surface area (Å²) in [6.45, 7) is 10.2. The fourth-order valence-corrected chi connectivity index (χ4v) is 2.66. The molecule has 0 saturated heterocycles. The molecule has 2 heteroatoms. The summed E-state index contributed by atoms with van der Waals surface area (Å²) in [5, 5.41) is 3.60. The Morgan fingerprint density at radius 2 is 2.17 bits per heavy atom.